The van der Waals surface area contributed by atoms with Gasteiger partial charge in [0.05, 0.1) is 0 Å². The van der Waals surface area contributed by atoms with Crippen molar-refractivity contribution in [3.8, 4) is 0 Å². The van der Waals surface area contributed by atoms with Crippen molar-refractivity contribution in [2.45, 2.75) is 12.5 Å². The van der Waals surface area contributed by atoms with Crippen molar-refractivity contribution in [3.05, 3.63) is 0 Å². The number of hydrogen-bond donors (Lipinski definition) is 2. The second kappa shape index (κ2) is 4.64. The molecule has 0 rings (SSSR count). The van der Waals surface area contributed by atoms with Crippen LogP contribution in [0.4, 0.5) is 0 Å². The smallest absolute Gasteiger partial charge is 0.320 e. The molecule has 1 atom stereocenters. The van der Waals surface area contributed by atoms with E-state index in [0.717, 1.165) is 0 Å². The number of nitrogens with two attached hydrogens (primary N) is 1. The third kappa shape index (κ3) is 4.29. The van der Waals surface area contributed by atoms with Gasteiger partial charge in [0.1, 0.15) is 8.87 Å². The molecule has 0 heterocycles. The van der Waals surface area contributed by atoms with E-state index in [1.807, 2.05) is 6.26 Å². The van der Waals surface area contributed by atoms with Crippen molar-refractivity contribution >= 4 is 17.7 Å². The van der Waals surface area contributed by atoms with Crippen molar-refractivity contribution in [2.24, 2.45) is 5.72 Å². The van der Waals surface area contributed by atoms with Gasteiger partial charge in [-0.15, -0.1) is 0 Å². The molecule has 54 valence electrons. The lowest BCUT2D eigenvalue weighted by Gasteiger charge is -2.02. The maximum Gasteiger partial charge on any atom is 0.320 e. The first kappa shape index (κ1) is 5.56. The van der Waals surface area contributed by atoms with Gasteiger partial charge in [0.25, 0.3) is 0 Å². The number of thioether (sulfide) groups is 1. The van der Waals surface area contributed by atoms with E-state index in [0.29, 0.717) is 12.2 Å². The highest BCUT2D eigenvalue weighted by Gasteiger charge is 2.08. The van der Waals surface area contributed by atoms with Crippen molar-refractivity contribution in [1.29, 1.82) is 0 Å². The molecule has 0 saturated heterocycles. The maximum atomic E-state index is 10.4. The lowest BCUT2D eigenvalue weighted by molar-refractivity contribution is -0.138. The molecular weight excluding hydrogens is 138 g/mol. The predicted octanol–water partition coefficient (Wildman–Crippen LogP) is 0.151. The average molecular weight is 151 g/mol. The highest BCUT2D eigenvalue weighted by molar-refractivity contribution is 7.98. The summed E-state index contributed by atoms with van der Waals surface area (Å²) in [4.78, 5) is 10.4. The summed E-state index contributed by atoms with van der Waals surface area (Å²) in [5, 5.41) is 8.48. The van der Waals surface area contributed by atoms with Gasteiger partial charge in [-0.1, -0.05) is 0 Å². The third-order valence-corrected chi connectivity index (χ3v) is 1.52. The van der Waals surface area contributed by atoms with Crippen LogP contribution in [-0.4, -0.2) is 29.1 Å². The molecule has 0 aliphatic rings. The van der Waals surface area contributed by atoms with Gasteiger partial charge in [0.2, 0.25) is 0 Å². The molecule has 0 saturated carbocycles. The second-order valence-electron chi connectivity index (χ2n) is 1.64. The summed E-state index contributed by atoms with van der Waals surface area (Å²) in [7, 11) is 0. The SMILES string of the molecule is [2H]N([2H])[C@@H](CCSC)C(=O)O. The minimum Gasteiger partial charge on any atom is -0.480 e. The Labute approximate surface area is 61.5 Å². The van der Waals surface area contributed by atoms with Gasteiger partial charge in [-0.25, -0.2) is 0 Å². The third-order valence-electron chi connectivity index (χ3n) is 0.880. The molecule has 0 bridgehead atoms. The van der Waals surface area contributed by atoms with Crippen molar-refractivity contribution in [3.63, 3.8) is 0 Å². The van der Waals surface area contributed by atoms with Crippen LogP contribution in [0, 0.1) is 0 Å². The molecule has 0 aliphatic carbocycles. The zero-order valence-corrected chi connectivity index (χ0v) is 6.02. The van der Waals surface area contributed by atoms with Gasteiger partial charge in [-0.3, -0.25) is 4.79 Å². The van der Waals surface area contributed by atoms with Crippen molar-refractivity contribution in [1.82, 2.24) is 0 Å². The van der Waals surface area contributed by atoms with Gasteiger partial charge >= 0.3 is 5.97 Å². The lowest BCUT2D eigenvalue weighted by atomic mass is 10.2. The van der Waals surface area contributed by atoms with Crippen LogP contribution >= 0.6 is 11.8 Å². The van der Waals surface area contributed by atoms with Crippen LogP contribution in [0.25, 0.3) is 0 Å². The summed E-state index contributed by atoms with van der Waals surface area (Å²) < 4.78 is 13.5. The number of carboxylic acid groups (broad SMARTS) is 1. The van der Waals surface area contributed by atoms with E-state index in [1.165, 1.54) is 11.8 Å². The van der Waals surface area contributed by atoms with Crippen molar-refractivity contribution in [2.75, 3.05) is 12.0 Å². The number of hydrogen-bond acceptors (Lipinski definition) is 3. The zero-order chi connectivity index (χ0) is 8.85. The van der Waals surface area contributed by atoms with Gasteiger partial charge in [-0.2, -0.15) is 11.8 Å². The Balaban J connectivity index is 3.80. The molecular formula is C5H11NO2S. The summed E-state index contributed by atoms with van der Waals surface area (Å²) in [6.07, 6.45) is 2.20. The first-order valence-electron chi connectivity index (χ1n) is 3.47. The van der Waals surface area contributed by atoms with Crippen LogP contribution in [-0.2, 0) is 4.79 Å². The zero-order valence-electron chi connectivity index (χ0n) is 7.20. The van der Waals surface area contributed by atoms with Crippen LogP contribution < -0.4 is 5.72 Å². The molecule has 0 fully saturated rings. The van der Waals surface area contributed by atoms with E-state index in [9.17, 15) is 4.79 Å². The van der Waals surface area contributed by atoms with Crippen LogP contribution in [0.15, 0.2) is 0 Å². The molecule has 0 amide bonds. The monoisotopic (exact) mass is 151 g/mol. The topological polar surface area (TPSA) is 63.3 Å². The summed E-state index contributed by atoms with van der Waals surface area (Å²) in [6.45, 7) is 0. The first-order chi connectivity index (χ1) is 5.09. The molecule has 0 aromatic rings. The Kier molecular flexibility index (Phi) is 2.86. The van der Waals surface area contributed by atoms with Crippen LogP contribution in [0.1, 0.15) is 6.42 Å². The molecule has 3 nitrogen and oxygen atoms in total. The summed E-state index contributed by atoms with van der Waals surface area (Å²) >= 11 is 1.51. The fraction of sp³-hybridized carbons (Fsp3) is 0.800. The van der Waals surface area contributed by atoms with E-state index in [-0.39, 0.29) is 5.72 Å². The van der Waals surface area contributed by atoms with Crippen LogP contribution in [0.3, 0.4) is 0 Å². The van der Waals surface area contributed by atoms with Gasteiger partial charge in [0.15, 0.2) is 0 Å². The van der Waals surface area contributed by atoms with E-state index in [4.69, 9.17) is 7.93 Å². The highest BCUT2D eigenvalue weighted by Crippen LogP contribution is 1.97. The molecule has 3 N–H and O–H groups in total. The molecule has 0 radical (unpaired) electrons. The largest absolute Gasteiger partial charge is 0.480 e. The Morgan fingerprint density at radius 3 is 3.11 bits per heavy atom. The van der Waals surface area contributed by atoms with Gasteiger partial charge < -0.3 is 10.8 Å². The Bertz CT molecular complexity index is 134. The molecule has 0 aromatic carbocycles. The molecule has 0 spiro atoms. The van der Waals surface area contributed by atoms with E-state index >= 15 is 0 Å². The minimum atomic E-state index is -1.11. The van der Waals surface area contributed by atoms with E-state index in [2.05, 4.69) is 0 Å². The van der Waals surface area contributed by atoms with Crippen LogP contribution in [0.5, 0.6) is 0 Å². The lowest BCUT2D eigenvalue weighted by Crippen LogP contribution is -2.30. The Hall–Kier alpha value is -0.220. The Morgan fingerprint density at radius 1 is 2.11 bits per heavy atom. The average Bonchev–Trinajstić information content (AvgIpc) is 1.87. The molecule has 0 aromatic heterocycles. The van der Waals surface area contributed by atoms with Crippen molar-refractivity contribution < 1.29 is 12.7 Å². The molecule has 4 heteroatoms. The van der Waals surface area contributed by atoms with Gasteiger partial charge in [-0.05, 0) is 18.4 Å². The maximum absolute atomic E-state index is 10.4. The summed E-state index contributed by atoms with van der Waals surface area (Å²) in [5.74, 6) is -0.449. The fourth-order valence-electron chi connectivity index (χ4n) is 0.353. The Morgan fingerprint density at radius 2 is 2.78 bits per heavy atom. The quantitative estimate of drug-likeness (QED) is 0.587. The minimum absolute atomic E-state index is 0.235. The number of rotatable bonds is 5. The normalized spacial score (nSPS) is 16.7. The highest BCUT2D eigenvalue weighted by atomic mass is 32.2. The second-order valence-corrected chi connectivity index (χ2v) is 2.62. The standard InChI is InChI=1S/C5H11NO2S/c1-9-3-2-4(6)5(7)8/h4H,2-3,6H2,1H3,(H,7,8)/t4-/m0/s1/i/hD2. The predicted molar refractivity (Wildman–Crippen MR) is 38.6 cm³/mol. The number of aliphatic carboxylic acids is 1. The summed E-state index contributed by atoms with van der Waals surface area (Å²) in [6, 6.07) is -0.998. The van der Waals surface area contributed by atoms with E-state index < -0.39 is 12.0 Å². The van der Waals surface area contributed by atoms with E-state index in [1.54, 1.807) is 0 Å². The van der Waals surface area contributed by atoms with Crippen LogP contribution in [0.2, 0.25) is 2.82 Å². The van der Waals surface area contributed by atoms with Gasteiger partial charge in [0, 0.05) is 0 Å². The molecule has 0 unspecified atom stereocenters. The molecule has 9 heavy (non-hydrogen) atoms. The number of carbonyl (C=O) groups is 1. The molecule has 0 aliphatic heterocycles. The summed E-state index contributed by atoms with van der Waals surface area (Å²) in [5.41, 5.74) is 0.235. The first-order valence-corrected chi connectivity index (χ1v) is 3.97. The number of carboxylic acids is 1. The fourth-order valence-corrected chi connectivity index (χ4v) is 0.812.